The van der Waals surface area contributed by atoms with E-state index >= 15 is 0 Å². The van der Waals surface area contributed by atoms with E-state index in [0.717, 1.165) is 21.3 Å². The zero-order chi connectivity index (χ0) is 18.4. The third-order valence-electron chi connectivity index (χ3n) is 3.89. The van der Waals surface area contributed by atoms with Crippen LogP contribution in [0.15, 0.2) is 35.2 Å². The summed E-state index contributed by atoms with van der Waals surface area (Å²) in [5.74, 6) is -1.42. The van der Waals surface area contributed by atoms with Crippen molar-refractivity contribution in [2.24, 2.45) is 0 Å². The van der Waals surface area contributed by atoms with E-state index in [2.05, 4.69) is 9.71 Å². The number of rotatable bonds is 4. The lowest BCUT2D eigenvalue weighted by Crippen LogP contribution is -2.23. The van der Waals surface area contributed by atoms with Crippen molar-refractivity contribution in [1.82, 2.24) is 4.98 Å². The van der Waals surface area contributed by atoms with Crippen molar-refractivity contribution < 1.29 is 18.3 Å². The Morgan fingerprint density at radius 1 is 1.16 bits per heavy atom. The molecule has 0 unspecified atom stereocenters. The highest BCUT2D eigenvalue weighted by Crippen LogP contribution is 2.27. The van der Waals surface area contributed by atoms with Gasteiger partial charge >= 0.3 is 0 Å². The third-order valence-corrected chi connectivity index (χ3v) is 6.33. The molecule has 130 valence electrons. The van der Waals surface area contributed by atoms with Crippen LogP contribution in [0.4, 0.5) is 5.69 Å². The van der Waals surface area contributed by atoms with Crippen molar-refractivity contribution >= 4 is 43.2 Å². The van der Waals surface area contributed by atoms with Crippen LogP contribution in [0.25, 0.3) is 10.2 Å². The molecule has 0 saturated heterocycles. The minimum Gasteiger partial charge on any atom is -0.545 e. The summed E-state index contributed by atoms with van der Waals surface area (Å²) >= 11 is 1.47. The van der Waals surface area contributed by atoms with Crippen LogP contribution in [-0.4, -0.2) is 19.4 Å². The molecular formula is C17H15N2O4S2-. The number of aromatic carboxylic acids is 1. The molecule has 0 fully saturated rings. The van der Waals surface area contributed by atoms with Gasteiger partial charge in [-0.3, -0.25) is 4.72 Å². The Bertz CT molecular complexity index is 1100. The number of carbonyl (C=O) groups excluding carboxylic acids is 1. The second-order valence-corrected chi connectivity index (χ2v) is 8.61. The van der Waals surface area contributed by atoms with Crippen LogP contribution in [0, 0.1) is 20.8 Å². The molecule has 1 aromatic heterocycles. The Hall–Kier alpha value is -2.45. The molecular weight excluding hydrogens is 360 g/mol. The van der Waals surface area contributed by atoms with Crippen molar-refractivity contribution in [2.75, 3.05) is 4.72 Å². The summed E-state index contributed by atoms with van der Waals surface area (Å²) < 4.78 is 28.9. The number of nitrogens with zero attached hydrogens (tertiary/aromatic N) is 1. The Labute approximate surface area is 149 Å². The van der Waals surface area contributed by atoms with Crippen LogP contribution in [-0.2, 0) is 10.0 Å². The van der Waals surface area contributed by atoms with Gasteiger partial charge in [0.05, 0.1) is 31.8 Å². The summed E-state index contributed by atoms with van der Waals surface area (Å²) in [7, 11) is -3.94. The molecule has 0 aliphatic heterocycles. The van der Waals surface area contributed by atoms with E-state index < -0.39 is 16.0 Å². The second kappa shape index (κ2) is 6.12. The van der Waals surface area contributed by atoms with Crippen LogP contribution >= 0.6 is 11.3 Å². The molecule has 0 aliphatic rings. The number of carboxylic acids is 1. The first-order valence-electron chi connectivity index (χ1n) is 7.40. The van der Waals surface area contributed by atoms with Gasteiger partial charge in [0.25, 0.3) is 10.0 Å². The first-order valence-corrected chi connectivity index (χ1v) is 9.70. The van der Waals surface area contributed by atoms with Crippen molar-refractivity contribution in [3.05, 3.63) is 52.0 Å². The smallest absolute Gasteiger partial charge is 0.262 e. The standard InChI is InChI=1S/C17H16N2O4S2/c1-9-6-12(17(20)21)7-16(10(9)2)25(22,23)19-13-4-5-14-15(8-13)24-11(3)18-14/h4-8,19H,1-3H3,(H,20,21)/p-1. The summed E-state index contributed by atoms with van der Waals surface area (Å²) in [6.07, 6.45) is 0. The van der Waals surface area contributed by atoms with E-state index in [0.29, 0.717) is 16.8 Å². The molecule has 25 heavy (non-hydrogen) atoms. The lowest BCUT2D eigenvalue weighted by atomic mass is 10.1. The van der Waals surface area contributed by atoms with Crippen LogP contribution in [0.1, 0.15) is 26.5 Å². The molecule has 1 heterocycles. The second-order valence-electron chi connectivity index (χ2n) is 5.72. The fourth-order valence-electron chi connectivity index (χ4n) is 2.54. The fraction of sp³-hybridized carbons (Fsp3) is 0.176. The summed E-state index contributed by atoms with van der Waals surface area (Å²) in [5, 5.41) is 12.0. The molecule has 1 N–H and O–H groups in total. The summed E-state index contributed by atoms with van der Waals surface area (Å²) in [4.78, 5) is 15.4. The predicted molar refractivity (Wildman–Crippen MR) is 95.4 cm³/mol. The Morgan fingerprint density at radius 2 is 1.88 bits per heavy atom. The first-order chi connectivity index (χ1) is 11.7. The minimum atomic E-state index is -3.94. The number of fused-ring (bicyclic) bond motifs is 1. The molecule has 0 saturated carbocycles. The summed E-state index contributed by atoms with van der Waals surface area (Å²) in [6, 6.07) is 7.60. The summed E-state index contributed by atoms with van der Waals surface area (Å²) in [5.41, 5.74) is 2.09. The van der Waals surface area contributed by atoms with Gasteiger partial charge in [-0.2, -0.15) is 0 Å². The van der Waals surface area contributed by atoms with Gasteiger partial charge in [-0.25, -0.2) is 13.4 Å². The highest BCUT2D eigenvalue weighted by atomic mass is 32.2. The van der Waals surface area contributed by atoms with Crippen molar-refractivity contribution in [2.45, 2.75) is 25.7 Å². The van der Waals surface area contributed by atoms with Gasteiger partial charge in [0.2, 0.25) is 0 Å². The number of aromatic nitrogens is 1. The van der Waals surface area contributed by atoms with Crippen LogP contribution in [0.2, 0.25) is 0 Å². The van der Waals surface area contributed by atoms with E-state index in [1.54, 1.807) is 32.0 Å². The third kappa shape index (κ3) is 3.35. The van der Waals surface area contributed by atoms with Crippen molar-refractivity contribution in [3.63, 3.8) is 0 Å². The molecule has 0 aliphatic carbocycles. The molecule has 0 atom stereocenters. The molecule has 0 bridgehead atoms. The van der Waals surface area contributed by atoms with Gasteiger partial charge in [-0.05, 0) is 67.8 Å². The number of anilines is 1. The van der Waals surface area contributed by atoms with E-state index in [-0.39, 0.29) is 10.5 Å². The topological polar surface area (TPSA) is 99.2 Å². The van der Waals surface area contributed by atoms with Gasteiger partial charge in [0, 0.05) is 0 Å². The predicted octanol–water partition coefficient (Wildman–Crippen LogP) is 2.39. The van der Waals surface area contributed by atoms with Gasteiger partial charge in [-0.15, -0.1) is 11.3 Å². The van der Waals surface area contributed by atoms with Crippen molar-refractivity contribution in [1.29, 1.82) is 0 Å². The normalized spacial score (nSPS) is 11.6. The number of carboxylic acid groups (broad SMARTS) is 1. The fourth-order valence-corrected chi connectivity index (χ4v) is 4.80. The summed E-state index contributed by atoms with van der Waals surface area (Å²) in [6.45, 7) is 5.18. The Morgan fingerprint density at radius 3 is 2.56 bits per heavy atom. The lowest BCUT2D eigenvalue weighted by molar-refractivity contribution is -0.255. The van der Waals surface area contributed by atoms with Crippen molar-refractivity contribution in [3.8, 4) is 0 Å². The number of nitrogens with one attached hydrogen (secondary N) is 1. The van der Waals surface area contributed by atoms with Gasteiger partial charge in [0.15, 0.2) is 0 Å². The SMILES string of the molecule is Cc1nc2ccc(NS(=O)(=O)c3cc(C(=O)[O-])cc(C)c3C)cc2s1. The number of aryl methyl sites for hydroxylation is 2. The number of carbonyl (C=O) groups is 1. The maximum atomic E-state index is 12.8. The van der Waals surface area contributed by atoms with E-state index in [1.807, 2.05) is 6.92 Å². The Balaban J connectivity index is 2.05. The van der Waals surface area contributed by atoms with Crippen LogP contribution < -0.4 is 9.83 Å². The Kier molecular flexibility index (Phi) is 4.26. The molecule has 6 nitrogen and oxygen atoms in total. The monoisotopic (exact) mass is 375 g/mol. The van der Waals surface area contributed by atoms with E-state index in [4.69, 9.17) is 0 Å². The highest BCUT2D eigenvalue weighted by Gasteiger charge is 2.20. The molecule has 3 rings (SSSR count). The zero-order valence-electron chi connectivity index (χ0n) is 13.8. The first kappa shape index (κ1) is 17.4. The molecule has 2 aromatic carbocycles. The number of hydrogen-bond donors (Lipinski definition) is 1. The maximum absolute atomic E-state index is 12.8. The number of sulfonamides is 1. The van der Waals surface area contributed by atoms with E-state index in [1.165, 1.54) is 17.4 Å². The average molecular weight is 375 g/mol. The van der Waals surface area contributed by atoms with E-state index in [9.17, 15) is 18.3 Å². The molecule has 8 heteroatoms. The molecule has 0 spiro atoms. The quantitative estimate of drug-likeness (QED) is 0.755. The van der Waals surface area contributed by atoms with Gasteiger partial charge in [-0.1, -0.05) is 0 Å². The highest BCUT2D eigenvalue weighted by molar-refractivity contribution is 7.92. The minimum absolute atomic E-state index is 0.0766. The zero-order valence-corrected chi connectivity index (χ0v) is 15.4. The molecule has 3 aromatic rings. The van der Waals surface area contributed by atoms with Crippen LogP contribution in [0.5, 0.6) is 0 Å². The number of hydrogen-bond acceptors (Lipinski definition) is 6. The molecule has 0 amide bonds. The molecule has 0 radical (unpaired) electrons. The van der Waals surface area contributed by atoms with Gasteiger partial charge < -0.3 is 9.90 Å². The van der Waals surface area contributed by atoms with Crippen LogP contribution in [0.3, 0.4) is 0 Å². The largest absolute Gasteiger partial charge is 0.545 e. The maximum Gasteiger partial charge on any atom is 0.262 e. The number of thiazole rings is 1. The average Bonchev–Trinajstić information content (AvgIpc) is 2.88. The van der Waals surface area contributed by atoms with Gasteiger partial charge in [0.1, 0.15) is 0 Å². The lowest BCUT2D eigenvalue weighted by Gasteiger charge is -2.14. The number of benzene rings is 2.